The predicted molar refractivity (Wildman–Crippen MR) is 154 cm³/mol. The van der Waals surface area contributed by atoms with Crippen LogP contribution in [0.4, 0.5) is 5.69 Å². The van der Waals surface area contributed by atoms with Crippen LogP contribution in [-0.2, 0) is 26.6 Å². The van der Waals surface area contributed by atoms with E-state index in [9.17, 15) is 4.79 Å². The molecule has 5 rings (SSSR count). The number of benzene rings is 2. The third-order valence-corrected chi connectivity index (χ3v) is 7.19. The Morgan fingerprint density at radius 2 is 1.73 bits per heavy atom. The van der Waals surface area contributed by atoms with E-state index in [1.165, 1.54) is 5.23 Å². The van der Waals surface area contributed by atoms with Crippen LogP contribution in [0.1, 0.15) is 73.4 Å². The van der Waals surface area contributed by atoms with E-state index >= 15 is 0 Å². The molecule has 0 N–H and O–H groups in total. The van der Waals surface area contributed by atoms with E-state index in [2.05, 4.69) is 30.5 Å². The first-order valence-electron chi connectivity index (χ1n) is 14.1. The highest BCUT2D eigenvalue weighted by atomic mass is 16.9. The van der Waals surface area contributed by atoms with Crippen molar-refractivity contribution in [1.82, 2.24) is 9.55 Å². The molecule has 0 saturated carbocycles. The summed E-state index contributed by atoms with van der Waals surface area (Å²) >= 11 is 0. The molecule has 3 heterocycles. The van der Waals surface area contributed by atoms with E-state index in [1.54, 1.807) is 18.3 Å². The highest BCUT2D eigenvalue weighted by molar-refractivity contribution is 5.98. The van der Waals surface area contributed by atoms with E-state index < -0.39 is 11.6 Å². The highest BCUT2D eigenvalue weighted by Gasteiger charge is 2.54. The molecule has 2 aromatic carbocycles. The molecule has 0 bridgehead atoms. The Balaban J connectivity index is 1.80. The van der Waals surface area contributed by atoms with E-state index in [0.717, 1.165) is 41.5 Å². The maximum absolute atomic E-state index is 13.5. The van der Waals surface area contributed by atoms with Gasteiger partial charge >= 0.3 is 5.97 Å². The molecule has 0 aliphatic carbocycles. The zero-order valence-corrected chi connectivity index (χ0v) is 23.9. The summed E-state index contributed by atoms with van der Waals surface area (Å²) < 4.78 is 15.0. The van der Waals surface area contributed by atoms with Crippen LogP contribution in [0.15, 0.2) is 60.8 Å². The molecule has 2 aromatic heterocycles. The van der Waals surface area contributed by atoms with Gasteiger partial charge in [0.2, 0.25) is 5.60 Å². The molecule has 40 heavy (non-hydrogen) atoms. The maximum atomic E-state index is 13.5. The van der Waals surface area contributed by atoms with Crippen molar-refractivity contribution in [3.63, 3.8) is 0 Å². The smallest absolute Gasteiger partial charge is 0.341 e. The van der Waals surface area contributed by atoms with Gasteiger partial charge in [0.1, 0.15) is 11.4 Å². The number of rotatable bonds is 12. The maximum Gasteiger partial charge on any atom is 0.341 e. The van der Waals surface area contributed by atoms with Crippen LogP contribution in [0.25, 0.3) is 10.9 Å². The largest absolute Gasteiger partial charge is 0.493 e. The molecule has 4 aromatic rings. The number of pyridine rings is 1. The second kappa shape index (κ2) is 11.7. The third kappa shape index (κ3) is 4.51. The average molecular weight is 544 g/mol. The Labute approximate surface area is 235 Å². The molecule has 8 nitrogen and oxygen atoms in total. The van der Waals surface area contributed by atoms with E-state index in [1.807, 2.05) is 51.1 Å². The first-order chi connectivity index (χ1) is 19.5. The fourth-order valence-corrected chi connectivity index (χ4v) is 5.59. The van der Waals surface area contributed by atoms with Gasteiger partial charge in [-0.1, -0.05) is 32.0 Å². The normalized spacial score (nSPS) is 16.3. The summed E-state index contributed by atoms with van der Waals surface area (Å²) in [5.74, 6) is 0.144. The van der Waals surface area contributed by atoms with E-state index in [-0.39, 0.29) is 0 Å². The fraction of sp³-hybridized carbons (Fsp3) is 0.375. The molecule has 1 aliphatic heterocycles. The number of para-hydroxylation sites is 1. The molecule has 210 valence electrons. The molecule has 0 fully saturated rings. The summed E-state index contributed by atoms with van der Waals surface area (Å²) in [5, 5.41) is 2.45. The van der Waals surface area contributed by atoms with Crippen molar-refractivity contribution in [3.05, 3.63) is 88.9 Å². The first-order valence-corrected chi connectivity index (χ1v) is 14.1. The molecule has 1 aliphatic rings. The van der Waals surface area contributed by atoms with E-state index in [4.69, 9.17) is 24.1 Å². The number of cyclic esters (lactones) is 1. The Kier molecular flexibility index (Phi) is 8.09. The Bertz CT molecular complexity index is 1510. The molecular weight excluding hydrogens is 506 g/mol. The summed E-state index contributed by atoms with van der Waals surface area (Å²) in [4.78, 5) is 30.1. The Morgan fingerprint density at radius 1 is 0.975 bits per heavy atom. The second-order valence-electron chi connectivity index (χ2n) is 9.73. The average Bonchev–Trinajstić information content (AvgIpc) is 3.43. The minimum atomic E-state index is -1.32. The van der Waals surface area contributed by atoms with Crippen molar-refractivity contribution >= 4 is 22.6 Å². The van der Waals surface area contributed by atoms with Gasteiger partial charge in [0.25, 0.3) is 0 Å². The zero-order chi connectivity index (χ0) is 28.3. The lowest BCUT2D eigenvalue weighted by molar-refractivity contribution is -0.0894. The topological polar surface area (TPSA) is 75.0 Å². The number of fused-ring (bicyclic) bond motifs is 2. The van der Waals surface area contributed by atoms with Crippen LogP contribution in [0.2, 0.25) is 0 Å². The molecule has 8 heteroatoms. The molecule has 1 unspecified atom stereocenters. The number of carbonyl (C=O) groups is 1. The SMILES string of the molecule is CCCON(OCCC)c1ccc(C2(c3c(C)n(CC)c4ccccc34)OC(=O)c3cccnc32)c(OCC)c1. The van der Waals surface area contributed by atoms with Crippen LogP contribution < -0.4 is 9.96 Å². The Hall–Kier alpha value is -3.88. The number of carbonyl (C=O) groups excluding carboxylic acids is 1. The highest BCUT2D eigenvalue weighted by Crippen LogP contribution is 2.52. The van der Waals surface area contributed by atoms with Gasteiger partial charge in [0.15, 0.2) is 0 Å². The molecule has 0 radical (unpaired) electrons. The van der Waals surface area contributed by atoms with Crippen molar-refractivity contribution in [1.29, 1.82) is 0 Å². The summed E-state index contributed by atoms with van der Waals surface area (Å²) in [6.07, 6.45) is 3.38. The van der Waals surface area contributed by atoms with Crippen molar-refractivity contribution < 1.29 is 23.9 Å². The number of ether oxygens (including phenoxy) is 2. The minimum absolute atomic E-state index is 0.414. The quantitative estimate of drug-likeness (QED) is 0.145. The van der Waals surface area contributed by atoms with Crippen molar-refractivity contribution in [2.45, 2.75) is 59.6 Å². The van der Waals surface area contributed by atoms with Gasteiger partial charge in [-0.05, 0) is 63.9 Å². The van der Waals surface area contributed by atoms with Gasteiger partial charge in [0, 0.05) is 46.5 Å². The number of aryl methyl sites for hydroxylation is 1. The number of aromatic nitrogens is 2. The van der Waals surface area contributed by atoms with Gasteiger partial charge in [-0.15, -0.1) is 5.23 Å². The number of hydrogen-bond acceptors (Lipinski definition) is 7. The summed E-state index contributed by atoms with van der Waals surface area (Å²) in [7, 11) is 0. The lowest BCUT2D eigenvalue weighted by Gasteiger charge is -2.32. The molecular formula is C32H37N3O5. The zero-order valence-electron chi connectivity index (χ0n) is 23.9. The third-order valence-electron chi connectivity index (χ3n) is 7.19. The van der Waals surface area contributed by atoms with Crippen molar-refractivity contribution in [2.24, 2.45) is 0 Å². The van der Waals surface area contributed by atoms with Crippen molar-refractivity contribution in [3.8, 4) is 5.75 Å². The number of nitrogens with zero attached hydrogens (tertiary/aromatic N) is 3. The van der Waals surface area contributed by atoms with Crippen LogP contribution in [0.5, 0.6) is 5.75 Å². The summed E-state index contributed by atoms with van der Waals surface area (Å²) in [6.45, 7) is 12.4. The second-order valence-corrected chi connectivity index (χ2v) is 9.73. The predicted octanol–water partition coefficient (Wildman–Crippen LogP) is 6.72. The number of esters is 1. The lowest BCUT2D eigenvalue weighted by Crippen LogP contribution is -2.32. The minimum Gasteiger partial charge on any atom is -0.493 e. The van der Waals surface area contributed by atoms with Gasteiger partial charge < -0.3 is 14.0 Å². The monoisotopic (exact) mass is 543 g/mol. The van der Waals surface area contributed by atoms with Crippen LogP contribution in [-0.4, -0.2) is 35.3 Å². The fourth-order valence-electron chi connectivity index (χ4n) is 5.59. The van der Waals surface area contributed by atoms with Crippen LogP contribution >= 0.6 is 0 Å². The first kappa shape index (κ1) is 27.7. The molecule has 0 saturated heterocycles. The Morgan fingerprint density at radius 3 is 2.42 bits per heavy atom. The summed E-state index contributed by atoms with van der Waals surface area (Å²) in [5.41, 5.74) is 4.00. The van der Waals surface area contributed by atoms with Crippen LogP contribution in [0.3, 0.4) is 0 Å². The van der Waals surface area contributed by atoms with Crippen molar-refractivity contribution in [2.75, 3.05) is 25.0 Å². The van der Waals surface area contributed by atoms with E-state index in [0.29, 0.717) is 48.1 Å². The van der Waals surface area contributed by atoms with Gasteiger partial charge in [-0.3, -0.25) is 4.98 Å². The summed E-state index contributed by atoms with van der Waals surface area (Å²) in [6, 6.07) is 17.5. The molecule has 1 atom stereocenters. The lowest BCUT2D eigenvalue weighted by atomic mass is 9.80. The number of anilines is 1. The van der Waals surface area contributed by atoms with Gasteiger partial charge in [-0.2, -0.15) is 0 Å². The molecule has 0 amide bonds. The standard InChI is InChI=1S/C32H37N3O5/c1-6-19-38-35(39-20-7-2)23-16-17-26(28(21-23)37-9-4)32(30-25(31(36)40-32)14-12-18-33-30)29-22(5)34(8-3)27-15-11-10-13-24(27)29/h10-18,21H,6-9,19-20H2,1-5H3. The van der Waals surface area contributed by atoms with Gasteiger partial charge in [-0.25, -0.2) is 14.5 Å². The van der Waals surface area contributed by atoms with Crippen LogP contribution in [0, 0.1) is 6.92 Å². The number of hydrogen-bond donors (Lipinski definition) is 0. The molecule has 0 spiro atoms. The van der Waals surface area contributed by atoms with Gasteiger partial charge in [0.05, 0.1) is 31.1 Å².